The molecule has 2 N–H and O–H groups in total. The number of alkyl carbamates (subject to hydrolysis) is 2. The summed E-state index contributed by atoms with van der Waals surface area (Å²) in [5.74, 6) is 0.742. The van der Waals surface area contributed by atoms with Crippen molar-refractivity contribution < 1.29 is 52.2 Å². The Hall–Kier alpha value is -5.02. The molecule has 3 saturated heterocycles. The van der Waals surface area contributed by atoms with Gasteiger partial charge >= 0.3 is 12.2 Å². The van der Waals surface area contributed by atoms with Gasteiger partial charge in [-0.05, 0) is 47.2 Å². The highest BCUT2D eigenvalue weighted by Crippen LogP contribution is 2.37. The highest BCUT2D eigenvalue weighted by Gasteiger charge is 2.54. The fourth-order valence-corrected chi connectivity index (χ4v) is 6.86. The second-order valence-corrected chi connectivity index (χ2v) is 13.8. The van der Waals surface area contributed by atoms with Crippen molar-refractivity contribution in [2.24, 2.45) is 0 Å². The molecule has 4 aromatic carbocycles. The minimum atomic E-state index is -0.976. The van der Waals surface area contributed by atoms with E-state index in [-0.39, 0.29) is 39.6 Å². The van der Waals surface area contributed by atoms with Gasteiger partial charge in [0, 0.05) is 6.54 Å². The number of methoxy groups -OCH3 is 1. The third-order valence-corrected chi connectivity index (χ3v) is 9.85. The van der Waals surface area contributed by atoms with E-state index in [0.717, 1.165) is 28.0 Å². The van der Waals surface area contributed by atoms with Crippen molar-refractivity contribution in [2.75, 3.05) is 20.3 Å². The van der Waals surface area contributed by atoms with Crippen molar-refractivity contribution in [2.45, 2.75) is 88.4 Å². The van der Waals surface area contributed by atoms with Crippen molar-refractivity contribution in [1.82, 2.24) is 10.6 Å². The number of rotatable bonds is 16. The molecule has 13 heteroatoms. The van der Waals surface area contributed by atoms with E-state index < -0.39 is 61.3 Å². The van der Waals surface area contributed by atoms with Gasteiger partial charge in [0.25, 0.3) is 0 Å². The fourth-order valence-electron chi connectivity index (χ4n) is 6.86. The summed E-state index contributed by atoms with van der Waals surface area (Å²) in [6.45, 7) is 1.18. The van der Waals surface area contributed by atoms with Crippen molar-refractivity contribution in [3.05, 3.63) is 138 Å². The maximum absolute atomic E-state index is 13.2. The second kappa shape index (κ2) is 19.7. The monoisotopic (exact) mass is 768 g/mol. The lowest BCUT2D eigenvalue weighted by Gasteiger charge is -2.44. The quantitative estimate of drug-likeness (QED) is 0.138. The Morgan fingerprint density at radius 2 is 1.21 bits per heavy atom. The topological polar surface area (TPSA) is 141 Å². The van der Waals surface area contributed by atoms with Crippen LogP contribution in [0.15, 0.2) is 115 Å². The van der Waals surface area contributed by atoms with Crippen LogP contribution in [-0.2, 0) is 64.3 Å². The molecule has 0 spiro atoms. The van der Waals surface area contributed by atoms with Gasteiger partial charge in [0.15, 0.2) is 12.6 Å². The van der Waals surface area contributed by atoms with E-state index in [9.17, 15) is 9.59 Å². The summed E-state index contributed by atoms with van der Waals surface area (Å²) in [6, 6.07) is 35.7. The first-order valence-electron chi connectivity index (χ1n) is 18.9. The lowest BCUT2D eigenvalue weighted by molar-refractivity contribution is -0.307. The van der Waals surface area contributed by atoms with E-state index in [2.05, 4.69) is 10.6 Å². The third-order valence-electron chi connectivity index (χ3n) is 9.85. The summed E-state index contributed by atoms with van der Waals surface area (Å²) >= 11 is 0. The molecule has 8 atom stereocenters. The Kier molecular flexibility index (Phi) is 13.8. The van der Waals surface area contributed by atoms with Crippen LogP contribution in [0.3, 0.4) is 0 Å². The Labute approximate surface area is 326 Å². The predicted octanol–water partition coefficient (Wildman–Crippen LogP) is 6.03. The third kappa shape index (κ3) is 10.8. The van der Waals surface area contributed by atoms with Crippen LogP contribution in [0.2, 0.25) is 0 Å². The summed E-state index contributed by atoms with van der Waals surface area (Å²) < 4.78 is 55.2. The van der Waals surface area contributed by atoms with Gasteiger partial charge in [-0.2, -0.15) is 0 Å². The summed E-state index contributed by atoms with van der Waals surface area (Å²) in [7, 11) is 1.62. The molecule has 296 valence electrons. The number of hydrogen-bond donors (Lipinski definition) is 2. The Morgan fingerprint density at radius 1 is 0.643 bits per heavy atom. The van der Waals surface area contributed by atoms with E-state index in [0.29, 0.717) is 12.8 Å². The molecule has 4 aromatic rings. The standard InChI is InChI=1S/C43H48N2O11/c1-48-33-19-17-32(18-20-33)25-50-39-38(49-24-29-11-5-2-6-12-29)37(36-28-51-41(39)55-36)56-40-35(45-43(47)53-27-31-15-9-4-10-16-31)22-21-34(54-40)23-44-42(46)52-26-30-13-7-3-8-14-30/h2-20,34-41H,21-28H2,1H3,(H,44,46)(H,45,47)/t34-,35+,36+,37+,38-,39+,40+,41+/m0/s1. The lowest BCUT2D eigenvalue weighted by atomic mass is 9.98. The van der Waals surface area contributed by atoms with Crippen molar-refractivity contribution in [1.29, 1.82) is 0 Å². The number of fused-ring (bicyclic) bond motifs is 2. The SMILES string of the molecule is COc1ccc(CO[C@H]2[C@@H]3OC[C@@H](O3)[C@@H](O[C@H]3O[C@H](CNC(=O)OCc4ccccc4)CC[C@H]3NC(=O)OCc3ccccc3)[C@@H]2OCc2ccccc2)cc1. The average Bonchev–Trinajstić information content (AvgIpc) is 3.68. The van der Waals surface area contributed by atoms with Gasteiger partial charge in [0.2, 0.25) is 0 Å². The Morgan fingerprint density at radius 3 is 1.84 bits per heavy atom. The van der Waals surface area contributed by atoms with Crippen LogP contribution in [0.5, 0.6) is 5.75 Å². The molecule has 3 aliphatic rings. The van der Waals surface area contributed by atoms with E-state index in [1.165, 1.54) is 0 Å². The lowest BCUT2D eigenvalue weighted by Crippen LogP contribution is -2.60. The van der Waals surface area contributed by atoms with Crippen LogP contribution in [-0.4, -0.2) is 81.6 Å². The van der Waals surface area contributed by atoms with Crippen LogP contribution in [0, 0.1) is 0 Å². The number of amides is 2. The maximum Gasteiger partial charge on any atom is 0.407 e. The van der Waals surface area contributed by atoms with Crippen LogP contribution < -0.4 is 15.4 Å². The highest BCUT2D eigenvalue weighted by molar-refractivity contribution is 5.68. The van der Waals surface area contributed by atoms with E-state index >= 15 is 0 Å². The van der Waals surface area contributed by atoms with Gasteiger partial charge in [0.1, 0.15) is 43.4 Å². The van der Waals surface area contributed by atoms with Gasteiger partial charge in [-0.3, -0.25) is 0 Å². The van der Waals surface area contributed by atoms with Gasteiger partial charge in [0.05, 0.1) is 39.1 Å². The van der Waals surface area contributed by atoms with Crippen molar-refractivity contribution in [3.8, 4) is 5.75 Å². The predicted molar refractivity (Wildman–Crippen MR) is 202 cm³/mol. The minimum absolute atomic E-state index is 0.100. The molecular formula is C43H48N2O11. The normalized spacial score (nSPS) is 25.5. The number of ether oxygens (including phenoxy) is 9. The summed E-state index contributed by atoms with van der Waals surface area (Å²) in [6.07, 6.45) is -4.88. The molecule has 0 unspecified atom stereocenters. The number of carbonyl (C=O) groups is 2. The van der Waals surface area contributed by atoms with Crippen LogP contribution in [0.25, 0.3) is 0 Å². The molecule has 2 amide bonds. The highest BCUT2D eigenvalue weighted by atomic mass is 16.8. The van der Waals surface area contributed by atoms with E-state index in [4.69, 9.17) is 42.6 Å². The van der Waals surface area contributed by atoms with Crippen LogP contribution in [0.1, 0.15) is 35.1 Å². The molecule has 0 aliphatic carbocycles. The summed E-state index contributed by atoms with van der Waals surface area (Å²) in [4.78, 5) is 25.8. The Balaban J connectivity index is 1.06. The number of carbonyl (C=O) groups excluding carboxylic acids is 2. The summed E-state index contributed by atoms with van der Waals surface area (Å²) in [5.41, 5.74) is 3.63. The van der Waals surface area contributed by atoms with Gasteiger partial charge in [-0.15, -0.1) is 0 Å². The maximum atomic E-state index is 13.2. The number of nitrogens with one attached hydrogen (secondary N) is 2. The van der Waals surface area contributed by atoms with Gasteiger partial charge < -0.3 is 53.3 Å². The zero-order valence-corrected chi connectivity index (χ0v) is 31.2. The first kappa shape index (κ1) is 39.2. The van der Waals surface area contributed by atoms with E-state index in [1.54, 1.807) is 7.11 Å². The Bertz CT molecular complexity index is 1800. The molecule has 56 heavy (non-hydrogen) atoms. The molecular weight excluding hydrogens is 720 g/mol. The largest absolute Gasteiger partial charge is 0.497 e. The van der Waals surface area contributed by atoms with E-state index in [1.807, 2.05) is 115 Å². The number of hydrogen-bond acceptors (Lipinski definition) is 11. The fraction of sp³-hybridized carbons (Fsp3) is 0.395. The zero-order valence-electron chi connectivity index (χ0n) is 31.2. The first-order valence-corrected chi connectivity index (χ1v) is 18.9. The number of benzene rings is 4. The molecule has 3 aliphatic heterocycles. The summed E-state index contributed by atoms with van der Waals surface area (Å²) in [5, 5.41) is 5.77. The van der Waals surface area contributed by atoms with Crippen molar-refractivity contribution in [3.63, 3.8) is 0 Å². The molecule has 0 radical (unpaired) electrons. The second-order valence-electron chi connectivity index (χ2n) is 13.8. The molecule has 3 heterocycles. The molecule has 13 nitrogen and oxygen atoms in total. The molecule has 0 aromatic heterocycles. The van der Waals surface area contributed by atoms with Crippen molar-refractivity contribution >= 4 is 12.2 Å². The minimum Gasteiger partial charge on any atom is -0.497 e. The molecule has 3 fully saturated rings. The average molecular weight is 769 g/mol. The van der Waals surface area contributed by atoms with Gasteiger partial charge in [-0.25, -0.2) is 9.59 Å². The first-order chi connectivity index (χ1) is 27.5. The van der Waals surface area contributed by atoms with Gasteiger partial charge in [-0.1, -0.05) is 103 Å². The zero-order chi connectivity index (χ0) is 38.5. The van der Waals surface area contributed by atoms with Crippen LogP contribution in [0.4, 0.5) is 9.59 Å². The smallest absolute Gasteiger partial charge is 0.407 e. The molecule has 7 rings (SSSR count). The molecule has 0 saturated carbocycles. The van der Waals surface area contributed by atoms with Crippen LogP contribution >= 0.6 is 0 Å². The molecule has 2 bridgehead atoms.